The molecule has 0 heterocycles. The van der Waals surface area contributed by atoms with Gasteiger partial charge in [0.15, 0.2) is 0 Å². The van der Waals surface area contributed by atoms with E-state index in [1.807, 2.05) is 32.2 Å². The molecule has 0 aromatic heterocycles. The minimum Gasteiger partial charge on any atom is -0.387 e. The molecular formula is C16H26N2O. The van der Waals surface area contributed by atoms with Crippen molar-refractivity contribution in [1.29, 1.82) is 0 Å². The number of rotatable bonds is 7. The molecule has 0 bridgehead atoms. The number of amides is 1. The van der Waals surface area contributed by atoms with Crippen molar-refractivity contribution < 1.29 is 4.79 Å². The smallest absolute Gasteiger partial charge is 0.253 e. The van der Waals surface area contributed by atoms with E-state index in [4.69, 9.17) is 0 Å². The van der Waals surface area contributed by atoms with Crippen molar-refractivity contribution in [1.82, 2.24) is 5.32 Å². The Balaban J connectivity index is 2.62. The number of carbonyl (C=O) groups is 1. The first-order valence-corrected chi connectivity index (χ1v) is 7.17. The maximum Gasteiger partial charge on any atom is 0.253 e. The third kappa shape index (κ3) is 4.93. The second-order valence-corrected chi connectivity index (χ2v) is 5.17. The predicted molar refractivity (Wildman–Crippen MR) is 81.8 cm³/mol. The minimum atomic E-state index is 0.00773. The van der Waals surface area contributed by atoms with Crippen molar-refractivity contribution in [3.05, 3.63) is 29.3 Å². The number of carbonyl (C=O) groups excluding carboxylic acids is 1. The van der Waals surface area contributed by atoms with E-state index in [0.29, 0.717) is 0 Å². The van der Waals surface area contributed by atoms with Gasteiger partial charge in [0.2, 0.25) is 0 Å². The number of hydrogen-bond acceptors (Lipinski definition) is 2. The van der Waals surface area contributed by atoms with Crippen LogP contribution in [0.4, 0.5) is 5.69 Å². The second kappa shape index (κ2) is 7.82. The van der Waals surface area contributed by atoms with Gasteiger partial charge in [0.05, 0.1) is 5.56 Å². The summed E-state index contributed by atoms with van der Waals surface area (Å²) < 4.78 is 0. The summed E-state index contributed by atoms with van der Waals surface area (Å²) in [6.07, 6.45) is 4.65. The third-order valence-electron chi connectivity index (χ3n) is 3.31. The number of benzene rings is 1. The average Bonchev–Trinajstić information content (AvgIpc) is 2.38. The molecule has 1 rings (SSSR count). The Morgan fingerprint density at radius 3 is 2.68 bits per heavy atom. The monoisotopic (exact) mass is 262 g/mol. The van der Waals surface area contributed by atoms with Crippen LogP contribution in [0.3, 0.4) is 0 Å². The fraction of sp³-hybridized carbons (Fsp3) is 0.562. The van der Waals surface area contributed by atoms with Crippen molar-refractivity contribution in [2.75, 3.05) is 12.4 Å². The van der Waals surface area contributed by atoms with E-state index in [9.17, 15) is 4.79 Å². The molecule has 1 aromatic rings. The SMILES string of the molecule is CCCCCC(C)NC(=O)c1ccc(C)cc1NC. The Bertz CT molecular complexity index is 415. The largest absolute Gasteiger partial charge is 0.387 e. The second-order valence-electron chi connectivity index (χ2n) is 5.17. The van der Waals surface area contributed by atoms with Gasteiger partial charge < -0.3 is 10.6 Å². The van der Waals surface area contributed by atoms with Crippen LogP contribution in [0.1, 0.15) is 55.5 Å². The first kappa shape index (κ1) is 15.5. The lowest BCUT2D eigenvalue weighted by atomic mass is 10.1. The van der Waals surface area contributed by atoms with Crippen molar-refractivity contribution in [2.45, 2.75) is 52.5 Å². The molecular weight excluding hydrogens is 236 g/mol. The van der Waals surface area contributed by atoms with Crippen LogP contribution in [0.25, 0.3) is 0 Å². The van der Waals surface area contributed by atoms with Crippen LogP contribution in [-0.4, -0.2) is 19.0 Å². The summed E-state index contributed by atoms with van der Waals surface area (Å²) in [6, 6.07) is 6.08. The van der Waals surface area contributed by atoms with Gasteiger partial charge in [0, 0.05) is 18.8 Å². The Labute approximate surface area is 116 Å². The highest BCUT2D eigenvalue weighted by molar-refractivity contribution is 5.99. The highest BCUT2D eigenvalue weighted by Gasteiger charge is 2.13. The van der Waals surface area contributed by atoms with E-state index in [1.54, 1.807) is 0 Å². The lowest BCUT2D eigenvalue weighted by Crippen LogP contribution is -2.32. The lowest BCUT2D eigenvalue weighted by molar-refractivity contribution is 0.0938. The van der Waals surface area contributed by atoms with E-state index in [0.717, 1.165) is 23.2 Å². The summed E-state index contributed by atoms with van der Waals surface area (Å²) >= 11 is 0. The molecule has 3 nitrogen and oxygen atoms in total. The molecule has 1 unspecified atom stereocenters. The zero-order valence-corrected chi connectivity index (χ0v) is 12.5. The highest BCUT2D eigenvalue weighted by atomic mass is 16.1. The zero-order chi connectivity index (χ0) is 14.3. The topological polar surface area (TPSA) is 41.1 Å². The van der Waals surface area contributed by atoms with E-state index in [2.05, 4.69) is 24.5 Å². The minimum absolute atomic E-state index is 0.00773. The molecule has 0 saturated heterocycles. The Hall–Kier alpha value is -1.51. The summed E-state index contributed by atoms with van der Waals surface area (Å²) in [7, 11) is 1.84. The van der Waals surface area contributed by atoms with Crippen LogP contribution in [-0.2, 0) is 0 Å². The maximum atomic E-state index is 12.2. The lowest BCUT2D eigenvalue weighted by Gasteiger charge is -2.16. The summed E-state index contributed by atoms with van der Waals surface area (Å²) in [6.45, 7) is 6.28. The van der Waals surface area contributed by atoms with Gasteiger partial charge in [-0.3, -0.25) is 4.79 Å². The number of aryl methyl sites for hydroxylation is 1. The molecule has 0 saturated carbocycles. The highest BCUT2D eigenvalue weighted by Crippen LogP contribution is 2.17. The number of anilines is 1. The van der Waals surface area contributed by atoms with E-state index in [1.165, 1.54) is 19.3 Å². The summed E-state index contributed by atoms with van der Waals surface area (Å²) in [4.78, 5) is 12.2. The maximum absolute atomic E-state index is 12.2. The molecule has 0 aliphatic heterocycles. The van der Waals surface area contributed by atoms with Crippen molar-refractivity contribution in [3.63, 3.8) is 0 Å². The molecule has 0 aliphatic carbocycles. The Morgan fingerprint density at radius 1 is 1.32 bits per heavy atom. The van der Waals surface area contributed by atoms with Gasteiger partial charge in [-0.25, -0.2) is 0 Å². The average molecular weight is 262 g/mol. The molecule has 2 N–H and O–H groups in total. The van der Waals surface area contributed by atoms with E-state index in [-0.39, 0.29) is 11.9 Å². The molecule has 19 heavy (non-hydrogen) atoms. The Morgan fingerprint density at radius 2 is 2.05 bits per heavy atom. The number of hydrogen-bond donors (Lipinski definition) is 2. The molecule has 0 aliphatic rings. The fourth-order valence-corrected chi connectivity index (χ4v) is 2.14. The predicted octanol–water partition coefficient (Wildman–Crippen LogP) is 3.74. The first-order valence-electron chi connectivity index (χ1n) is 7.17. The van der Waals surface area contributed by atoms with Crippen LogP contribution < -0.4 is 10.6 Å². The zero-order valence-electron chi connectivity index (χ0n) is 12.5. The Kier molecular flexibility index (Phi) is 6.40. The number of nitrogens with one attached hydrogen (secondary N) is 2. The third-order valence-corrected chi connectivity index (χ3v) is 3.31. The summed E-state index contributed by atoms with van der Waals surface area (Å²) in [5, 5.41) is 6.15. The van der Waals surface area contributed by atoms with Crippen LogP contribution >= 0.6 is 0 Å². The molecule has 1 aromatic carbocycles. The van der Waals surface area contributed by atoms with Crippen LogP contribution in [0.15, 0.2) is 18.2 Å². The van der Waals surface area contributed by atoms with Crippen LogP contribution in [0, 0.1) is 6.92 Å². The summed E-state index contributed by atoms with van der Waals surface area (Å²) in [5.74, 6) is 0.00773. The fourth-order valence-electron chi connectivity index (χ4n) is 2.14. The molecule has 0 radical (unpaired) electrons. The van der Waals surface area contributed by atoms with Gasteiger partial charge in [0.1, 0.15) is 0 Å². The molecule has 106 valence electrons. The summed E-state index contributed by atoms with van der Waals surface area (Å²) in [5.41, 5.74) is 2.76. The van der Waals surface area contributed by atoms with Gasteiger partial charge >= 0.3 is 0 Å². The van der Waals surface area contributed by atoms with Crippen molar-refractivity contribution in [2.24, 2.45) is 0 Å². The van der Waals surface area contributed by atoms with Gasteiger partial charge in [-0.05, 0) is 38.0 Å². The quantitative estimate of drug-likeness (QED) is 0.735. The molecule has 3 heteroatoms. The number of unbranched alkanes of at least 4 members (excludes halogenated alkanes) is 2. The molecule has 1 amide bonds. The van der Waals surface area contributed by atoms with Gasteiger partial charge in [0.25, 0.3) is 5.91 Å². The van der Waals surface area contributed by atoms with E-state index < -0.39 is 0 Å². The molecule has 0 spiro atoms. The standard InChI is InChI=1S/C16H26N2O/c1-5-6-7-8-13(3)18-16(19)14-10-9-12(2)11-15(14)17-4/h9-11,13,17H,5-8H2,1-4H3,(H,18,19). The van der Waals surface area contributed by atoms with Crippen molar-refractivity contribution >= 4 is 11.6 Å². The molecule has 1 atom stereocenters. The first-order chi connectivity index (χ1) is 9.08. The van der Waals surface area contributed by atoms with Gasteiger partial charge in [-0.1, -0.05) is 32.3 Å². The van der Waals surface area contributed by atoms with Crippen LogP contribution in [0.5, 0.6) is 0 Å². The van der Waals surface area contributed by atoms with Crippen molar-refractivity contribution in [3.8, 4) is 0 Å². The van der Waals surface area contributed by atoms with Gasteiger partial charge in [-0.15, -0.1) is 0 Å². The van der Waals surface area contributed by atoms with Crippen LogP contribution in [0.2, 0.25) is 0 Å². The van der Waals surface area contributed by atoms with Gasteiger partial charge in [-0.2, -0.15) is 0 Å². The molecule has 0 fully saturated rings. The normalized spacial score (nSPS) is 12.0. The van der Waals surface area contributed by atoms with E-state index >= 15 is 0 Å².